The van der Waals surface area contributed by atoms with Crippen LogP contribution in [-0.4, -0.2) is 100 Å². The maximum atomic E-state index is 12.4. The van der Waals surface area contributed by atoms with Gasteiger partial charge in [-0.05, 0) is 26.2 Å². The fourth-order valence-corrected chi connectivity index (χ4v) is 3.73. The average Bonchev–Trinajstić information content (AvgIpc) is 3.07. The van der Waals surface area contributed by atoms with Crippen LogP contribution >= 0.6 is 0 Å². The van der Waals surface area contributed by atoms with Crippen LogP contribution in [0.15, 0.2) is 12.2 Å². The fourth-order valence-electron chi connectivity index (χ4n) is 3.73. The Morgan fingerprint density at radius 3 is 2.70 bits per heavy atom. The minimum atomic E-state index is -1.15. The van der Waals surface area contributed by atoms with Gasteiger partial charge in [0.2, 0.25) is 5.91 Å². The zero-order chi connectivity index (χ0) is 24.4. The van der Waals surface area contributed by atoms with Crippen LogP contribution in [0.4, 0.5) is 0 Å². The van der Waals surface area contributed by atoms with Gasteiger partial charge in [-0.3, -0.25) is 14.8 Å². The summed E-state index contributed by atoms with van der Waals surface area (Å²) in [5.74, 6) is 0.358. The number of aromatic amines is 1. The largest absolute Gasteiger partial charge is 0.388 e. The number of carbonyl (C=O) groups excluding carboxylic acids is 1. The van der Waals surface area contributed by atoms with E-state index in [-0.39, 0.29) is 19.1 Å². The third kappa shape index (κ3) is 9.17. The summed E-state index contributed by atoms with van der Waals surface area (Å²) in [5, 5.41) is 28.5. The van der Waals surface area contributed by atoms with Crippen molar-refractivity contribution in [2.45, 2.75) is 65.9 Å². The van der Waals surface area contributed by atoms with Crippen LogP contribution in [0.5, 0.6) is 0 Å². The first kappa shape index (κ1) is 27.5. The highest BCUT2D eigenvalue weighted by atomic mass is 16.5. The van der Waals surface area contributed by atoms with Crippen LogP contribution in [-0.2, 0) is 20.8 Å². The highest BCUT2D eigenvalue weighted by Crippen LogP contribution is 2.15. The van der Waals surface area contributed by atoms with E-state index in [1.54, 1.807) is 4.90 Å². The van der Waals surface area contributed by atoms with Gasteiger partial charge >= 0.3 is 0 Å². The monoisotopic (exact) mass is 466 g/mol. The zero-order valence-corrected chi connectivity index (χ0v) is 20.8. The number of aliphatic hydroxyl groups is 2. The SMILES string of the molecule is CC(=O)N1CCN(Cc2c(C)n[nH]c2C)C/C=C\COC[C@H](O)[C@H](O)[C@@H](OCCC(C)C)C1. The number of H-pyrrole nitrogens is 1. The summed E-state index contributed by atoms with van der Waals surface area (Å²) in [6.07, 6.45) is 1.82. The van der Waals surface area contributed by atoms with Crippen molar-refractivity contribution < 1.29 is 24.5 Å². The number of hydrogen-bond acceptors (Lipinski definition) is 7. The van der Waals surface area contributed by atoms with Crippen LogP contribution < -0.4 is 0 Å². The summed E-state index contributed by atoms with van der Waals surface area (Å²) in [7, 11) is 0. The molecule has 1 aromatic rings. The normalized spacial score (nSPS) is 25.2. The van der Waals surface area contributed by atoms with E-state index in [0.717, 1.165) is 23.4 Å². The average molecular weight is 467 g/mol. The predicted molar refractivity (Wildman–Crippen MR) is 127 cm³/mol. The molecular weight excluding hydrogens is 424 g/mol. The van der Waals surface area contributed by atoms with Gasteiger partial charge in [0, 0.05) is 57.5 Å². The molecule has 0 fully saturated rings. The molecule has 1 aromatic heterocycles. The Balaban J connectivity index is 2.18. The minimum Gasteiger partial charge on any atom is -0.388 e. The standard InChI is InChI=1S/C24H42N4O5/c1-17(2)8-13-33-23-15-28(20(5)29)11-10-27(14-21-18(3)25-26-19(21)4)9-6-7-12-32-16-22(30)24(23)31/h6-7,17,22-24,30-31H,8-16H2,1-5H3,(H,25,26)/b7-6-/t22-,23-,24-/m0/s1. The number of amides is 1. The van der Waals surface area contributed by atoms with Crippen LogP contribution in [0.3, 0.4) is 0 Å². The van der Waals surface area contributed by atoms with Gasteiger partial charge in [0.15, 0.2) is 0 Å². The first-order chi connectivity index (χ1) is 15.7. The molecule has 0 saturated carbocycles. The second-order valence-corrected chi connectivity index (χ2v) is 9.27. The number of nitrogens with zero attached hydrogens (tertiary/aromatic N) is 3. The van der Waals surface area contributed by atoms with E-state index in [1.807, 2.05) is 26.0 Å². The number of hydrogen-bond donors (Lipinski definition) is 3. The number of aryl methyl sites for hydroxylation is 2. The highest BCUT2D eigenvalue weighted by molar-refractivity contribution is 5.73. The van der Waals surface area contributed by atoms with E-state index >= 15 is 0 Å². The van der Waals surface area contributed by atoms with Gasteiger partial charge in [-0.1, -0.05) is 26.0 Å². The molecule has 3 atom stereocenters. The molecule has 0 bridgehead atoms. The molecule has 1 aliphatic rings. The van der Waals surface area contributed by atoms with E-state index in [2.05, 4.69) is 28.9 Å². The van der Waals surface area contributed by atoms with Crippen LogP contribution in [0.25, 0.3) is 0 Å². The Hall–Kier alpha value is -1.78. The second-order valence-electron chi connectivity index (χ2n) is 9.27. The number of carbonyl (C=O) groups is 1. The van der Waals surface area contributed by atoms with Gasteiger partial charge in [0.1, 0.15) is 18.3 Å². The molecule has 1 amide bonds. The summed E-state index contributed by atoms with van der Waals surface area (Å²) in [6, 6.07) is 0. The molecule has 0 spiro atoms. The van der Waals surface area contributed by atoms with E-state index in [9.17, 15) is 15.0 Å². The van der Waals surface area contributed by atoms with E-state index in [1.165, 1.54) is 6.92 Å². The summed E-state index contributed by atoms with van der Waals surface area (Å²) in [6.45, 7) is 13.3. The Morgan fingerprint density at radius 1 is 1.30 bits per heavy atom. The first-order valence-corrected chi connectivity index (χ1v) is 11.9. The van der Waals surface area contributed by atoms with Crippen LogP contribution in [0.1, 0.15) is 44.1 Å². The molecule has 9 nitrogen and oxygen atoms in total. The molecule has 33 heavy (non-hydrogen) atoms. The third-order valence-corrected chi connectivity index (χ3v) is 6.03. The fraction of sp³-hybridized carbons (Fsp3) is 0.750. The van der Waals surface area contributed by atoms with Gasteiger partial charge in [0.25, 0.3) is 0 Å². The lowest BCUT2D eigenvalue weighted by Crippen LogP contribution is -2.50. The molecule has 3 N–H and O–H groups in total. The van der Waals surface area contributed by atoms with Crippen molar-refractivity contribution in [3.63, 3.8) is 0 Å². The number of rotatable bonds is 6. The molecule has 9 heteroatoms. The summed E-state index contributed by atoms with van der Waals surface area (Å²) >= 11 is 0. The molecule has 2 heterocycles. The maximum absolute atomic E-state index is 12.4. The van der Waals surface area contributed by atoms with Crippen LogP contribution in [0, 0.1) is 19.8 Å². The zero-order valence-electron chi connectivity index (χ0n) is 20.8. The minimum absolute atomic E-state index is 0.00720. The molecule has 0 radical (unpaired) electrons. The predicted octanol–water partition coefficient (Wildman–Crippen LogP) is 1.42. The molecule has 1 aliphatic heterocycles. The van der Waals surface area contributed by atoms with Crippen molar-refractivity contribution >= 4 is 5.91 Å². The van der Waals surface area contributed by atoms with Crippen LogP contribution in [0.2, 0.25) is 0 Å². The van der Waals surface area contributed by atoms with Gasteiger partial charge in [0.05, 0.1) is 18.9 Å². The number of ether oxygens (including phenoxy) is 2. The smallest absolute Gasteiger partial charge is 0.219 e. The van der Waals surface area contributed by atoms with Crippen molar-refractivity contribution in [2.24, 2.45) is 5.92 Å². The lowest BCUT2D eigenvalue weighted by Gasteiger charge is -2.33. The molecule has 0 unspecified atom stereocenters. The van der Waals surface area contributed by atoms with E-state index in [0.29, 0.717) is 45.3 Å². The number of aromatic nitrogens is 2. The number of aliphatic hydroxyl groups excluding tert-OH is 2. The molecule has 188 valence electrons. The van der Waals surface area contributed by atoms with Crippen molar-refractivity contribution in [1.29, 1.82) is 0 Å². The molecule has 0 saturated heterocycles. The van der Waals surface area contributed by atoms with Gasteiger partial charge in [-0.25, -0.2) is 0 Å². The highest BCUT2D eigenvalue weighted by Gasteiger charge is 2.30. The van der Waals surface area contributed by atoms with Crippen molar-refractivity contribution in [1.82, 2.24) is 20.0 Å². The lowest BCUT2D eigenvalue weighted by atomic mass is 10.1. The Morgan fingerprint density at radius 2 is 2.06 bits per heavy atom. The first-order valence-electron chi connectivity index (χ1n) is 11.9. The number of nitrogens with one attached hydrogen (secondary N) is 1. The van der Waals surface area contributed by atoms with Gasteiger partial charge < -0.3 is 24.6 Å². The van der Waals surface area contributed by atoms with E-state index < -0.39 is 18.3 Å². The second kappa shape index (κ2) is 13.8. The third-order valence-electron chi connectivity index (χ3n) is 6.03. The molecule has 2 rings (SSSR count). The van der Waals surface area contributed by atoms with Gasteiger partial charge in [-0.15, -0.1) is 0 Å². The van der Waals surface area contributed by atoms with Crippen molar-refractivity contribution in [3.8, 4) is 0 Å². The van der Waals surface area contributed by atoms with E-state index in [4.69, 9.17) is 9.47 Å². The van der Waals surface area contributed by atoms with Gasteiger partial charge in [-0.2, -0.15) is 5.10 Å². The Kier molecular flexibility index (Phi) is 11.5. The Labute approximate surface area is 197 Å². The summed E-state index contributed by atoms with van der Waals surface area (Å²) in [4.78, 5) is 16.4. The lowest BCUT2D eigenvalue weighted by molar-refractivity contribution is -0.139. The maximum Gasteiger partial charge on any atom is 0.219 e. The Bertz CT molecular complexity index is 732. The van der Waals surface area contributed by atoms with Crippen molar-refractivity contribution in [3.05, 3.63) is 29.1 Å². The van der Waals surface area contributed by atoms with Crippen molar-refractivity contribution in [2.75, 3.05) is 46.0 Å². The topological polar surface area (TPSA) is 111 Å². The molecule has 0 aromatic carbocycles. The quantitative estimate of drug-likeness (QED) is 0.544. The molecule has 0 aliphatic carbocycles. The molecular formula is C24H42N4O5. The summed E-state index contributed by atoms with van der Waals surface area (Å²) < 4.78 is 11.5. The summed E-state index contributed by atoms with van der Waals surface area (Å²) in [5.41, 5.74) is 3.17.